The minimum absolute atomic E-state index is 0.152. The molecule has 0 saturated heterocycles. The second kappa shape index (κ2) is 3.48. The Balaban J connectivity index is 2.53. The maximum atomic E-state index is 4.42. The standard InChI is InChI=1S/C14H19N/c1-10(2)11-6-5-7-14(3,4)13-9-15-8-12(11)13/h5-8,10H,9H2,1-4H3. The fourth-order valence-electron chi connectivity index (χ4n) is 2.28. The summed E-state index contributed by atoms with van der Waals surface area (Å²) in [6, 6.07) is 0. The van der Waals surface area contributed by atoms with E-state index in [1.165, 1.54) is 16.7 Å². The second-order valence-electron chi connectivity index (χ2n) is 5.22. The highest BCUT2D eigenvalue weighted by molar-refractivity contribution is 5.89. The van der Waals surface area contributed by atoms with Gasteiger partial charge in [-0.05, 0) is 22.6 Å². The lowest BCUT2D eigenvalue weighted by Crippen LogP contribution is -2.14. The molecule has 1 aliphatic carbocycles. The van der Waals surface area contributed by atoms with Crippen LogP contribution in [-0.4, -0.2) is 12.8 Å². The summed E-state index contributed by atoms with van der Waals surface area (Å²) in [5, 5.41) is 0. The summed E-state index contributed by atoms with van der Waals surface area (Å²) < 4.78 is 0. The first-order valence-electron chi connectivity index (χ1n) is 5.65. The molecule has 15 heavy (non-hydrogen) atoms. The third-order valence-corrected chi connectivity index (χ3v) is 3.29. The largest absolute Gasteiger partial charge is 0.288 e. The molecule has 1 heterocycles. The molecule has 2 rings (SSSR count). The van der Waals surface area contributed by atoms with Crippen LogP contribution in [0.2, 0.25) is 0 Å². The third-order valence-electron chi connectivity index (χ3n) is 3.29. The predicted octanol–water partition coefficient (Wildman–Crippen LogP) is 3.55. The van der Waals surface area contributed by atoms with E-state index < -0.39 is 0 Å². The highest BCUT2D eigenvalue weighted by atomic mass is 14.7. The normalized spacial score (nSPS) is 23.1. The summed E-state index contributed by atoms with van der Waals surface area (Å²) in [5.41, 5.74) is 4.42. The van der Waals surface area contributed by atoms with Gasteiger partial charge in [-0.25, -0.2) is 0 Å². The van der Waals surface area contributed by atoms with E-state index in [4.69, 9.17) is 0 Å². The molecular weight excluding hydrogens is 182 g/mol. The Morgan fingerprint density at radius 3 is 2.73 bits per heavy atom. The van der Waals surface area contributed by atoms with Crippen molar-refractivity contribution in [2.75, 3.05) is 6.54 Å². The molecular formula is C14H19N. The minimum Gasteiger partial charge on any atom is -0.288 e. The first kappa shape index (κ1) is 10.4. The summed E-state index contributed by atoms with van der Waals surface area (Å²) in [6.45, 7) is 9.90. The van der Waals surface area contributed by atoms with E-state index >= 15 is 0 Å². The molecule has 0 fully saturated rings. The average molecular weight is 201 g/mol. The number of rotatable bonds is 1. The molecule has 0 aromatic rings. The molecule has 0 bridgehead atoms. The van der Waals surface area contributed by atoms with Crippen molar-refractivity contribution in [2.24, 2.45) is 16.3 Å². The molecule has 2 aliphatic rings. The molecule has 1 heteroatoms. The van der Waals surface area contributed by atoms with Crippen LogP contribution in [0.15, 0.2) is 39.9 Å². The molecule has 0 amide bonds. The van der Waals surface area contributed by atoms with Gasteiger partial charge < -0.3 is 0 Å². The van der Waals surface area contributed by atoms with Gasteiger partial charge in [0.1, 0.15) is 0 Å². The summed E-state index contributed by atoms with van der Waals surface area (Å²) >= 11 is 0. The Kier molecular flexibility index (Phi) is 2.41. The smallest absolute Gasteiger partial charge is 0.0617 e. The van der Waals surface area contributed by atoms with Gasteiger partial charge >= 0.3 is 0 Å². The summed E-state index contributed by atoms with van der Waals surface area (Å²) in [4.78, 5) is 4.42. The monoisotopic (exact) mass is 201 g/mol. The van der Waals surface area contributed by atoms with Crippen molar-refractivity contribution in [3.63, 3.8) is 0 Å². The number of hydrogen-bond acceptors (Lipinski definition) is 1. The fraction of sp³-hybridized carbons (Fsp3) is 0.500. The Bertz CT molecular complexity index is 390. The molecule has 0 atom stereocenters. The van der Waals surface area contributed by atoms with Crippen molar-refractivity contribution in [2.45, 2.75) is 27.7 Å². The molecule has 0 spiro atoms. The van der Waals surface area contributed by atoms with Gasteiger partial charge in [-0.3, -0.25) is 4.99 Å². The van der Waals surface area contributed by atoms with Gasteiger partial charge in [0, 0.05) is 11.6 Å². The van der Waals surface area contributed by atoms with E-state index in [-0.39, 0.29) is 5.41 Å². The molecule has 0 saturated carbocycles. The van der Waals surface area contributed by atoms with E-state index in [1.54, 1.807) is 0 Å². The molecule has 0 aromatic carbocycles. The van der Waals surface area contributed by atoms with Crippen LogP contribution >= 0.6 is 0 Å². The quantitative estimate of drug-likeness (QED) is 0.615. The Morgan fingerprint density at radius 2 is 2.07 bits per heavy atom. The first-order chi connectivity index (χ1) is 7.02. The van der Waals surface area contributed by atoms with Crippen LogP contribution in [0.3, 0.4) is 0 Å². The molecule has 0 unspecified atom stereocenters. The summed E-state index contributed by atoms with van der Waals surface area (Å²) in [5.74, 6) is 0.568. The lowest BCUT2D eigenvalue weighted by molar-refractivity contribution is 0.569. The zero-order valence-corrected chi connectivity index (χ0v) is 10.0. The van der Waals surface area contributed by atoms with Crippen molar-refractivity contribution in [3.8, 4) is 0 Å². The Hall–Kier alpha value is -1.11. The average Bonchev–Trinajstić information content (AvgIpc) is 2.56. The van der Waals surface area contributed by atoms with Gasteiger partial charge in [-0.2, -0.15) is 0 Å². The lowest BCUT2D eigenvalue weighted by Gasteiger charge is -2.23. The zero-order chi connectivity index (χ0) is 11.1. The van der Waals surface area contributed by atoms with Gasteiger partial charge in [-0.1, -0.05) is 45.9 Å². The Labute approximate surface area is 92.3 Å². The van der Waals surface area contributed by atoms with E-state index in [2.05, 4.69) is 57.1 Å². The van der Waals surface area contributed by atoms with Gasteiger partial charge in [-0.15, -0.1) is 0 Å². The van der Waals surface area contributed by atoms with Crippen LogP contribution in [0.1, 0.15) is 27.7 Å². The van der Waals surface area contributed by atoms with Gasteiger partial charge in [0.05, 0.1) is 6.54 Å². The number of allylic oxidation sites excluding steroid dienone is 5. The number of nitrogens with zero attached hydrogens (tertiary/aromatic N) is 1. The van der Waals surface area contributed by atoms with E-state index in [0.717, 1.165) is 6.54 Å². The van der Waals surface area contributed by atoms with Crippen molar-refractivity contribution >= 4 is 6.21 Å². The SMILES string of the molecule is CC(C)C1=CC=CC(C)(C)C2=C1C=NC2. The maximum absolute atomic E-state index is 4.42. The topological polar surface area (TPSA) is 12.4 Å². The Morgan fingerprint density at radius 1 is 1.33 bits per heavy atom. The van der Waals surface area contributed by atoms with Crippen LogP contribution in [0.25, 0.3) is 0 Å². The zero-order valence-electron chi connectivity index (χ0n) is 10.0. The van der Waals surface area contributed by atoms with Gasteiger partial charge in [0.15, 0.2) is 0 Å². The molecule has 1 nitrogen and oxygen atoms in total. The third kappa shape index (κ3) is 1.71. The van der Waals surface area contributed by atoms with E-state index in [9.17, 15) is 0 Å². The van der Waals surface area contributed by atoms with Crippen LogP contribution in [0.5, 0.6) is 0 Å². The maximum Gasteiger partial charge on any atom is 0.0617 e. The highest BCUT2D eigenvalue weighted by Crippen LogP contribution is 2.38. The van der Waals surface area contributed by atoms with Crippen molar-refractivity contribution < 1.29 is 0 Å². The predicted molar refractivity (Wildman–Crippen MR) is 66.2 cm³/mol. The van der Waals surface area contributed by atoms with E-state index in [0.29, 0.717) is 5.92 Å². The summed E-state index contributed by atoms with van der Waals surface area (Å²) in [6.07, 6.45) is 8.77. The number of hydrogen-bond donors (Lipinski definition) is 0. The van der Waals surface area contributed by atoms with Crippen molar-refractivity contribution in [1.82, 2.24) is 0 Å². The lowest BCUT2D eigenvalue weighted by atomic mass is 9.80. The van der Waals surface area contributed by atoms with Crippen molar-refractivity contribution in [3.05, 3.63) is 34.9 Å². The molecule has 1 aliphatic heterocycles. The van der Waals surface area contributed by atoms with Crippen LogP contribution in [0.4, 0.5) is 0 Å². The highest BCUT2D eigenvalue weighted by Gasteiger charge is 2.28. The molecule has 80 valence electrons. The molecule has 0 radical (unpaired) electrons. The second-order valence-corrected chi connectivity index (χ2v) is 5.22. The van der Waals surface area contributed by atoms with Crippen LogP contribution < -0.4 is 0 Å². The first-order valence-corrected chi connectivity index (χ1v) is 5.65. The van der Waals surface area contributed by atoms with Crippen LogP contribution in [0, 0.1) is 11.3 Å². The van der Waals surface area contributed by atoms with Gasteiger partial charge in [0.25, 0.3) is 0 Å². The molecule has 0 N–H and O–H groups in total. The summed E-state index contributed by atoms with van der Waals surface area (Å²) in [7, 11) is 0. The van der Waals surface area contributed by atoms with Gasteiger partial charge in [0.2, 0.25) is 0 Å². The molecule has 0 aromatic heterocycles. The minimum atomic E-state index is 0.152. The van der Waals surface area contributed by atoms with Crippen LogP contribution in [-0.2, 0) is 0 Å². The number of aliphatic imine (C=N–C) groups is 1. The fourth-order valence-corrected chi connectivity index (χ4v) is 2.28. The van der Waals surface area contributed by atoms with Crippen molar-refractivity contribution in [1.29, 1.82) is 0 Å². The van der Waals surface area contributed by atoms with E-state index in [1.807, 2.05) is 0 Å².